The van der Waals surface area contributed by atoms with E-state index in [2.05, 4.69) is 4.72 Å². The number of benzene rings is 2. The molecule has 1 N–H and O–H groups in total. The van der Waals surface area contributed by atoms with Gasteiger partial charge in [-0.25, -0.2) is 13.1 Å². The number of rotatable bonds is 3. The van der Waals surface area contributed by atoms with E-state index in [0.717, 1.165) is 16.7 Å². The summed E-state index contributed by atoms with van der Waals surface area (Å²) in [6.45, 7) is 7.40. The molecule has 0 atom stereocenters. The first kappa shape index (κ1) is 15.7. The van der Waals surface area contributed by atoms with Crippen molar-refractivity contribution >= 4 is 10.0 Å². The fourth-order valence-electron chi connectivity index (χ4n) is 2.17. The average molecular weight is 303 g/mol. The zero-order valence-electron chi connectivity index (χ0n) is 12.8. The molecule has 0 aliphatic heterocycles. The molecule has 0 bridgehead atoms. The summed E-state index contributed by atoms with van der Waals surface area (Å²) in [5, 5.41) is 0. The van der Waals surface area contributed by atoms with E-state index < -0.39 is 15.6 Å². The Labute approximate surface area is 127 Å². The minimum atomic E-state index is -3.57. The Balaban J connectivity index is 2.61. The minimum Gasteiger partial charge on any atom is -0.207 e. The Kier molecular flexibility index (Phi) is 4.21. The van der Waals surface area contributed by atoms with Crippen LogP contribution in [0.1, 0.15) is 26.3 Å². The van der Waals surface area contributed by atoms with E-state index in [1.165, 1.54) is 0 Å². The van der Waals surface area contributed by atoms with Crippen LogP contribution >= 0.6 is 0 Å². The fourth-order valence-corrected chi connectivity index (χ4v) is 3.90. The molecule has 0 heterocycles. The topological polar surface area (TPSA) is 46.2 Å². The monoisotopic (exact) mass is 303 g/mol. The van der Waals surface area contributed by atoms with Gasteiger partial charge in [0.15, 0.2) is 0 Å². The Morgan fingerprint density at radius 2 is 1.57 bits per heavy atom. The van der Waals surface area contributed by atoms with Crippen molar-refractivity contribution in [3.8, 4) is 11.1 Å². The van der Waals surface area contributed by atoms with E-state index in [9.17, 15) is 8.42 Å². The van der Waals surface area contributed by atoms with Crippen LogP contribution in [0.15, 0.2) is 53.4 Å². The summed E-state index contributed by atoms with van der Waals surface area (Å²) in [6, 6.07) is 15.1. The van der Waals surface area contributed by atoms with Crippen molar-refractivity contribution in [2.24, 2.45) is 0 Å². The van der Waals surface area contributed by atoms with Crippen LogP contribution in [0, 0.1) is 6.92 Å². The second-order valence-corrected chi connectivity index (χ2v) is 7.87. The molecule has 112 valence electrons. The van der Waals surface area contributed by atoms with E-state index in [0.29, 0.717) is 4.90 Å². The molecule has 4 heteroatoms. The van der Waals surface area contributed by atoms with E-state index >= 15 is 0 Å². The fraction of sp³-hybridized carbons (Fsp3) is 0.294. The number of aryl methyl sites for hydroxylation is 1. The zero-order chi connectivity index (χ0) is 15.7. The highest BCUT2D eigenvalue weighted by atomic mass is 32.2. The molecule has 0 saturated heterocycles. The largest absolute Gasteiger partial charge is 0.241 e. The van der Waals surface area contributed by atoms with Crippen molar-refractivity contribution in [1.82, 2.24) is 4.72 Å². The lowest BCUT2D eigenvalue weighted by Crippen LogP contribution is -2.40. The summed E-state index contributed by atoms with van der Waals surface area (Å²) in [5.41, 5.74) is 2.02. The van der Waals surface area contributed by atoms with Gasteiger partial charge in [-0.05, 0) is 44.9 Å². The van der Waals surface area contributed by atoms with Gasteiger partial charge in [-0.1, -0.05) is 42.5 Å². The summed E-state index contributed by atoms with van der Waals surface area (Å²) in [6.07, 6.45) is 0. The van der Waals surface area contributed by atoms with Crippen molar-refractivity contribution in [3.05, 3.63) is 54.1 Å². The van der Waals surface area contributed by atoms with Gasteiger partial charge in [0.1, 0.15) is 0 Å². The Morgan fingerprint density at radius 1 is 0.952 bits per heavy atom. The molecule has 0 aliphatic rings. The third-order valence-electron chi connectivity index (χ3n) is 2.95. The van der Waals surface area contributed by atoms with Crippen LogP contribution in [0.3, 0.4) is 0 Å². The van der Waals surface area contributed by atoms with Crippen molar-refractivity contribution in [2.45, 2.75) is 38.1 Å². The van der Waals surface area contributed by atoms with E-state index in [4.69, 9.17) is 0 Å². The maximum absolute atomic E-state index is 12.7. The van der Waals surface area contributed by atoms with Gasteiger partial charge >= 0.3 is 0 Å². The first-order valence-electron chi connectivity index (χ1n) is 6.89. The van der Waals surface area contributed by atoms with Gasteiger partial charge in [-0.15, -0.1) is 0 Å². The van der Waals surface area contributed by atoms with Crippen molar-refractivity contribution in [3.63, 3.8) is 0 Å². The lowest BCUT2D eigenvalue weighted by atomic mass is 10.0. The molecule has 2 aromatic carbocycles. The maximum Gasteiger partial charge on any atom is 0.241 e. The predicted octanol–water partition coefficient (Wildman–Crippen LogP) is 3.74. The minimum absolute atomic E-state index is 0.323. The highest BCUT2D eigenvalue weighted by molar-refractivity contribution is 7.89. The number of sulfonamides is 1. The SMILES string of the molecule is Cc1ccc(-c2ccccc2)c(S(=O)(=O)NC(C)(C)C)c1. The Bertz CT molecular complexity index is 729. The van der Waals surface area contributed by atoms with Crippen LogP contribution in [-0.2, 0) is 10.0 Å². The molecule has 0 spiro atoms. The second-order valence-electron chi connectivity index (χ2n) is 6.22. The Hall–Kier alpha value is -1.65. The lowest BCUT2D eigenvalue weighted by molar-refractivity contribution is 0.491. The van der Waals surface area contributed by atoms with Gasteiger partial charge < -0.3 is 0 Å². The van der Waals surface area contributed by atoms with Gasteiger partial charge in [0.25, 0.3) is 0 Å². The van der Waals surface area contributed by atoms with Crippen molar-refractivity contribution in [1.29, 1.82) is 0 Å². The number of nitrogens with one attached hydrogen (secondary N) is 1. The van der Waals surface area contributed by atoms with Gasteiger partial charge in [-0.3, -0.25) is 0 Å². The third-order valence-corrected chi connectivity index (χ3v) is 4.75. The summed E-state index contributed by atoms with van der Waals surface area (Å²) in [7, 11) is -3.57. The van der Waals surface area contributed by atoms with Crippen LogP contribution < -0.4 is 4.72 Å². The molecule has 0 unspecified atom stereocenters. The van der Waals surface area contributed by atoms with E-state index in [-0.39, 0.29) is 0 Å². The number of hydrogen-bond acceptors (Lipinski definition) is 2. The lowest BCUT2D eigenvalue weighted by Gasteiger charge is -2.22. The molecule has 0 fully saturated rings. The van der Waals surface area contributed by atoms with E-state index in [1.54, 1.807) is 6.07 Å². The maximum atomic E-state index is 12.7. The predicted molar refractivity (Wildman–Crippen MR) is 86.7 cm³/mol. The molecule has 0 saturated carbocycles. The molecule has 3 nitrogen and oxygen atoms in total. The molecule has 0 amide bonds. The van der Waals surface area contributed by atoms with Gasteiger partial charge in [0, 0.05) is 11.1 Å². The van der Waals surface area contributed by atoms with Gasteiger partial charge in [0.2, 0.25) is 10.0 Å². The number of hydrogen-bond donors (Lipinski definition) is 1. The molecular formula is C17H21NO2S. The van der Waals surface area contributed by atoms with Gasteiger partial charge in [-0.2, -0.15) is 0 Å². The molecule has 2 aromatic rings. The highest BCUT2D eigenvalue weighted by Crippen LogP contribution is 2.28. The molecule has 21 heavy (non-hydrogen) atoms. The first-order chi connectivity index (χ1) is 9.69. The summed E-state index contributed by atoms with van der Waals surface area (Å²) >= 11 is 0. The highest BCUT2D eigenvalue weighted by Gasteiger charge is 2.25. The quantitative estimate of drug-likeness (QED) is 0.939. The zero-order valence-corrected chi connectivity index (χ0v) is 13.7. The van der Waals surface area contributed by atoms with Crippen molar-refractivity contribution in [2.75, 3.05) is 0 Å². The van der Waals surface area contributed by atoms with Crippen LogP contribution in [0.25, 0.3) is 11.1 Å². The molecule has 0 aromatic heterocycles. The molecule has 0 radical (unpaired) electrons. The second kappa shape index (κ2) is 5.62. The molecule has 2 rings (SSSR count). The summed E-state index contributed by atoms with van der Waals surface area (Å²) in [4.78, 5) is 0.323. The van der Waals surface area contributed by atoms with Crippen molar-refractivity contribution < 1.29 is 8.42 Å². The van der Waals surface area contributed by atoms with Crippen LogP contribution in [0.5, 0.6) is 0 Å². The molecular weight excluding hydrogens is 282 g/mol. The summed E-state index contributed by atoms with van der Waals surface area (Å²) < 4.78 is 28.1. The van der Waals surface area contributed by atoms with E-state index in [1.807, 2.05) is 70.2 Å². The normalized spacial score (nSPS) is 12.4. The van der Waals surface area contributed by atoms with Crippen LogP contribution in [0.2, 0.25) is 0 Å². The van der Waals surface area contributed by atoms with Gasteiger partial charge in [0.05, 0.1) is 4.90 Å². The van der Waals surface area contributed by atoms with Crippen LogP contribution in [-0.4, -0.2) is 14.0 Å². The average Bonchev–Trinajstić information content (AvgIpc) is 2.37. The van der Waals surface area contributed by atoms with Crippen LogP contribution in [0.4, 0.5) is 0 Å². The first-order valence-corrected chi connectivity index (χ1v) is 8.37. The third kappa shape index (κ3) is 3.93. The molecule has 0 aliphatic carbocycles. The standard InChI is InChI=1S/C17H21NO2S/c1-13-10-11-15(14-8-6-5-7-9-14)16(12-13)21(19,20)18-17(2,3)4/h5-12,18H,1-4H3. The smallest absolute Gasteiger partial charge is 0.207 e. The Morgan fingerprint density at radius 3 is 2.14 bits per heavy atom. The summed E-state index contributed by atoms with van der Waals surface area (Å²) in [5.74, 6) is 0.